The average molecular weight is 332 g/mol. The molecular formula is C16H20F4N2O. The maximum Gasteiger partial charge on any atom is 0.573 e. The Bertz CT molecular complexity index is 564. The average Bonchev–Trinajstić information content (AvgIpc) is 2.46. The molecule has 0 aliphatic carbocycles. The minimum atomic E-state index is -4.88. The Labute approximate surface area is 132 Å². The number of fused-ring (bicyclic) bond motifs is 2. The number of ether oxygens (including phenoxy) is 1. The quantitative estimate of drug-likeness (QED) is 0.786. The van der Waals surface area contributed by atoms with Gasteiger partial charge >= 0.3 is 6.36 Å². The molecule has 0 radical (unpaired) electrons. The molecule has 4 rings (SSSR count). The van der Waals surface area contributed by atoms with Gasteiger partial charge in [-0.25, -0.2) is 4.39 Å². The van der Waals surface area contributed by atoms with E-state index in [0.29, 0.717) is 30.2 Å². The van der Waals surface area contributed by atoms with Crippen molar-refractivity contribution in [2.24, 2.45) is 0 Å². The van der Waals surface area contributed by atoms with Crippen molar-refractivity contribution in [2.75, 3.05) is 13.1 Å². The predicted octanol–water partition coefficient (Wildman–Crippen LogP) is 3.39. The lowest BCUT2D eigenvalue weighted by Crippen LogP contribution is -2.68. The SMILES string of the molecule is CC(C)N1CC2CC(C1)N2Cc1ccc(OC(F)(F)F)c(F)c1. The third-order valence-corrected chi connectivity index (χ3v) is 4.69. The van der Waals surface area contributed by atoms with Crippen molar-refractivity contribution in [3.05, 3.63) is 29.6 Å². The number of piperidine rings is 1. The highest BCUT2D eigenvalue weighted by Gasteiger charge is 2.44. The third-order valence-electron chi connectivity index (χ3n) is 4.69. The van der Waals surface area contributed by atoms with Crippen molar-refractivity contribution >= 4 is 0 Å². The molecule has 3 nitrogen and oxygen atoms in total. The molecule has 2 unspecified atom stereocenters. The second kappa shape index (κ2) is 5.94. The van der Waals surface area contributed by atoms with E-state index in [1.807, 2.05) is 0 Å². The molecule has 0 aromatic heterocycles. The summed E-state index contributed by atoms with van der Waals surface area (Å²) in [6.45, 7) is 6.88. The van der Waals surface area contributed by atoms with Crippen LogP contribution in [-0.4, -0.2) is 47.4 Å². The van der Waals surface area contributed by atoms with Crippen molar-refractivity contribution in [2.45, 2.75) is 51.3 Å². The third kappa shape index (κ3) is 3.61. The Hall–Kier alpha value is -1.34. The van der Waals surface area contributed by atoms with Crippen molar-refractivity contribution in [1.82, 2.24) is 9.80 Å². The molecule has 128 valence electrons. The summed E-state index contributed by atoms with van der Waals surface area (Å²) in [6.07, 6.45) is -3.74. The standard InChI is InChI=1S/C16H20F4N2O/c1-10(2)21-8-12-6-13(9-21)22(12)7-11-3-4-15(14(17)5-11)23-16(18,19)20/h3-5,10,12-13H,6-9H2,1-2H3. The van der Waals surface area contributed by atoms with Crippen LogP contribution in [0.15, 0.2) is 18.2 Å². The molecule has 3 heterocycles. The largest absolute Gasteiger partial charge is 0.573 e. The predicted molar refractivity (Wildman–Crippen MR) is 77.5 cm³/mol. The number of benzene rings is 1. The number of nitrogens with zero attached hydrogens (tertiary/aromatic N) is 2. The fourth-order valence-electron chi connectivity index (χ4n) is 3.46. The van der Waals surface area contributed by atoms with Gasteiger partial charge in [-0.15, -0.1) is 13.2 Å². The van der Waals surface area contributed by atoms with Crippen LogP contribution in [0.3, 0.4) is 0 Å². The van der Waals surface area contributed by atoms with Crippen LogP contribution < -0.4 is 4.74 Å². The molecule has 2 bridgehead atoms. The minimum Gasteiger partial charge on any atom is -0.403 e. The first kappa shape index (κ1) is 16.5. The number of alkyl halides is 3. The molecule has 1 aromatic carbocycles. The van der Waals surface area contributed by atoms with Gasteiger partial charge in [0.15, 0.2) is 11.6 Å². The summed E-state index contributed by atoms with van der Waals surface area (Å²) in [5.41, 5.74) is 0.671. The fraction of sp³-hybridized carbons (Fsp3) is 0.625. The molecule has 3 fully saturated rings. The van der Waals surface area contributed by atoms with E-state index in [-0.39, 0.29) is 0 Å². The van der Waals surface area contributed by atoms with Gasteiger partial charge in [0.1, 0.15) is 0 Å². The summed E-state index contributed by atoms with van der Waals surface area (Å²) < 4.78 is 53.9. The van der Waals surface area contributed by atoms with Gasteiger partial charge in [0.2, 0.25) is 0 Å². The second-order valence-electron chi connectivity index (χ2n) is 6.58. The maximum atomic E-state index is 13.8. The monoisotopic (exact) mass is 332 g/mol. The maximum absolute atomic E-state index is 13.8. The van der Waals surface area contributed by atoms with E-state index in [1.54, 1.807) is 0 Å². The van der Waals surface area contributed by atoms with Gasteiger partial charge in [-0.05, 0) is 38.0 Å². The molecule has 23 heavy (non-hydrogen) atoms. The van der Waals surface area contributed by atoms with E-state index in [4.69, 9.17) is 0 Å². The molecule has 1 aromatic rings. The molecule has 0 saturated carbocycles. The lowest BCUT2D eigenvalue weighted by atomic mass is 9.86. The van der Waals surface area contributed by atoms with E-state index in [1.165, 1.54) is 6.07 Å². The Morgan fingerprint density at radius 3 is 2.39 bits per heavy atom. The molecule has 3 aliphatic heterocycles. The molecular weight excluding hydrogens is 312 g/mol. The number of hydrogen-bond acceptors (Lipinski definition) is 3. The summed E-state index contributed by atoms with van der Waals surface area (Å²) in [5, 5.41) is 0. The van der Waals surface area contributed by atoms with Crippen LogP contribution in [0.2, 0.25) is 0 Å². The fourth-order valence-corrected chi connectivity index (χ4v) is 3.46. The topological polar surface area (TPSA) is 15.7 Å². The first-order valence-corrected chi connectivity index (χ1v) is 7.77. The highest BCUT2D eigenvalue weighted by Crippen LogP contribution is 2.35. The normalized spacial score (nSPS) is 25.5. The first-order valence-electron chi connectivity index (χ1n) is 7.77. The van der Waals surface area contributed by atoms with Crippen molar-refractivity contribution in [3.8, 4) is 5.75 Å². The first-order chi connectivity index (χ1) is 10.7. The van der Waals surface area contributed by atoms with Crippen LogP contribution in [0.4, 0.5) is 17.6 Å². The molecule has 3 aliphatic rings. The minimum absolute atomic E-state index is 0.449. The van der Waals surface area contributed by atoms with Crippen LogP contribution in [-0.2, 0) is 6.54 Å². The summed E-state index contributed by atoms with van der Waals surface area (Å²) in [7, 11) is 0. The Balaban J connectivity index is 1.63. The van der Waals surface area contributed by atoms with E-state index in [0.717, 1.165) is 31.6 Å². The zero-order chi connectivity index (χ0) is 16.8. The van der Waals surface area contributed by atoms with Gasteiger partial charge in [0.25, 0.3) is 0 Å². The van der Waals surface area contributed by atoms with E-state index in [2.05, 4.69) is 28.4 Å². The molecule has 0 spiro atoms. The highest BCUT2D eigenvalue weighted by atomic mass is 19.4. The molecule has 0 N–H and O–H groups in total. The van der Waals surface area contributed by atoms with Crippen molar-refractivity contribution < 1.29 is 22.3 Å². The lowest BCUT2D eigenvalue weighted by Gasteiger charge is -2.57. The van der Waals surface area contributed by atoms with Crippen LogP contribution in [0, 0.1) is 5.82 Å². The smallest absolute Gasteiger partial charge is 0.403 e. The molecule has 0 amide bonds. The zero-order valence-electron chi connectivity index (χ0n) is 13.1. The summed E-state index contributed by atoms with van der Waals surface area (Å²) in [5.74, 6) is -1.76. The number of rotatable bonds is 4. The lowest BCUT2D eigenvalue weighted by molar-refractivity contribution is -0.275. The number of hydrogen-bond donors (Lipinski definition) is 0. The molecule has 7 heteroatoms. The zero-order valence-corrected chi connectivity index (χ0v) is 13.1. The number of halogens is 4. The van der Waals surface area contributed by atoms with Crippen molar-refractivity contribution in [3.63, 3.8) is 0 Å². The summed E-state index contributed by atoms with van der Waals surface area (Å²) in [6, 6.07) is 5.09. The van der Waals surface area contributed by atoms with Crippen LogP contribution in [0.5, 0.6) is 5.75 Å². The van der Waals surface area contributed by atoms with Gasteiger partial charge in [-0.1, -0.05) is 6.07 Å². The Morgan fingerprint density at radius 1 is 1.22 bits per heavy atom. The molecule has 3 saturated heterocycles. The second-order valence-corrected chi connectivity index (χ2v) is 6.58. The van der Waals surface area contributed by atoms with Gasteiger partial charge in [-0.3, -0.25) is 9.80 Å². The Kier molecular flexibility index (Phi) is 4.27. The van der Waals surface area contributed by atoms with E-state index in [9.17, 15) is 17.6 Å². The van der Waals surface area contributed by atoms with Crippen LogP contribution >= 0.6 is 0 Å². The summed E-state index contributed by atoms with van der Waals surface area (Å²) >= 11 is 0. The Morgan fingerprint density at radius 2 is 1.87 bits per heavy atom. The highest BCUT2D eigenvalue weighted by molar-refractivity contribution is 5.30. The van der Waals surface area contributed by atoms with Crippen LogP contribution in [0.1, 0.15) is 25.8 Å². The van der Waals surface area contributed by atoms with E-state index >= 15 is 0 Å². The van der Waals surface area contributed by atoms with Gasteiger partial charge in [0.05, 0.1) is 0 Å². The molecule has 2 atom stereocenters. The van der Waals surface area contributed by atoms with Gasteiger partial charge in [0, 0.05) is 37.8 Å². The number of piperazine rings is 1. The van der Waals surface area contributed by atoms with Crippen LogP contribution in [0.25, 0.3) is 0 Å². The van der Waals surface area contributed by atoms with Gasteiger partial charge < -0.3 is 4.74 Å². The van der Waals surface area contributed by atoms with Gasteiger partial charge in [-0.2, -0.15) is 0 Å². The van der Waals surface area contributed by atoms with Crippen molar-refractivity contribution in [1.29, 1.82) is 0 Å². The summed E-state index contributed by atoms with van der Waals surface area (Å²) in [4.78, 5) is 4.73. The van der Waals surface area contributed by atoms with E-state index < -0.39 is 17.9 Å².